The summed E-state index contributed by atoms with van der Waals surface area (Å²) in [5, 5.41) is 12.1. The highest BCUT2D eigenvalue weighted by Gasteiger charge is 2.62. The minimum atomic E-state index is -1.46. The summed E-state index contributed by atoms with van der Waals surface area (Å²) in [5.74, 6) is -0.958. The molecule has 1 unspecified atom stereocenters. The maximum Gasteiger partial charge on any atom is 0.184 e. The number of benzene rings is 1. The Bertz CT molecular complexity index is 1200. The van der Waals surface area contributed by atoms with Gasteiger partial charge in [-0.3, -0.25) is 4.57 Å². The molecule has 0 spiro atoms. The van der Waals surface area contributed by atoms with E-state index in [1.54, 1.807) is 31.7 Å². The molecule has 0 aliphatic carbocycles. The largest absolute Gasteiger partial charge is 0.385 e. The number of fused-ring (bicyclic) bond motifs is 3. The van der Waals surface area contributed by atoms with Crippen molar-refractivity contribution in [1.82, 2.24) is 19.5 Å². The number of ether oxygens (including phenoxy) is 5. The van der Waals surface area contributed by atoms with Crippen LogP contribution in [0.25, 0.3) is 11.2 Å². The minimum absolute atomic E-state index is 0.197. The molecule has 3 aliphatic rings. The van der Waals surface area contributed by atoms with Gasteiger partial charge in [-0.15, -0.1) is 0 Å². The van der Waals surface area contributed by atoms with Gasteiger partial charge in [0.1, 0.15) is 41.9 Å². The highest BCUT2D eigenvalue weighted by Crippen LogP contribution is 2.47. The minimum Gasteiger partial charge on any atom is -0.385 e. The quantitative estimate of drug-likeness (QED) is 0.544. The molecule has 0 saturated carbocycles. The Balaban J connectivity index is 1.42. The smallest absolute Gasteiger partial charge is 0.184 e. The molecule has 10 nitrogen and oxygen atoms in total. The van der Waals surface area contributed by atoms with E-state index in [1.807, 2.05) is 30.3 Å². The van der Waals surface area contributed by atoms with Gasteiger partial charge in [0.15, 0.2) is 29.1 Å². The van der Waals surface area contributed by atoms with Crippen molar-refractivity contribution < 1.29 is 28.8 Å². The van der Waals surface area contributed by atoms with Crippen LogP contribution in [0.15, 0.2) is 43.0 Å². The van der Waals surface area contributed by atoms with Crippen LogP contribution in [0.3, 0.4) is 0 Å². The van der Waals surface area contributed by atoms with Crippen molar-refractivity contribution in [2.45, 2.75) is 69.1 Å². The van der Waals surface area contributed by atoms with Gasteiger partial charge in [-0.1, -0.05) is 41.9 Å². The number of halogens is 1. The lowest BCUT2D eigenvalue weighted by atomic mass is 9.86. The van der Waals surface area contributed by atoms with E-state index in [4.69, 9.17) is 35.3 Å². The fourth-order valence-electron chi connectivity index (χ4n) is 5.04. The van der Waals surface area contributed by atoms with Gasteiger partial charge in [0.25, 0.3) is 0 Å². The SMILES string of the molecule is CC1(C)O[C@H]2[C@H](n3cnc4c(Cl)ncnc43)O[C@@H]3COC(c4ccccc4)O[C@H]3[C@@](C)(O)[C@H]2O1. The lowest BCUT2D eigenvalue weighted by Gasteiger charge is -2.43. The Labute approximate surface area is 200 Å². The molecule has 7 atom stereocenters. The number of nitrogens with zero attached hydrogens (tertiary/aromatic N) is 4. The summed E-state index contributed by atoms with van der Waals surface area (Å²) in [7, 11) is 0. The van der Waals surface area contributed by atoms with Crippen LogP contribution in [0.1, 0.15) is 38.9 Å². The number of rotatable bonds is 2. The summed E-state index contributed by atoms with van der Waals surface area (Å²) in [6.45, 7) is 5.49. The number of aliphatic hydroxyl groups is 1. The lowest BCUT2D eigenvalue weighted by Crippen LogP contribution is -2.59. The Hall–Kier alpha value is -2.18. The van der Waals surface area contributed by atoms with Crippen molar-refractivity contribution in [3.05, 3.63) is 53.7 Å². The highest BCUT2D eigenvalue weighted by atomic mass is 35.5. The van der Waals surface area contributed by atoms with E-state index in [1.165, 1.54) is 6.33 Å². The van der Waals surface area contributed by atoms with Crippen molar-refractivity contribution in [2.24, 2.45) is 0 Å². The van der Waals surface area contributed by atoms with E-state index >= 15 is 0 Å². The first-order chi connectivity index (χ1) is 16.2. The molecule has 0 radical (unpaired) electrons. The molecule has 34 heavy (non-hydrogen) atoms. The Morgan fingerprint density at radius 1 is 1.03 bits per heavy atom. The van der Waals surface area contributed by atoms with Crippen LogP contribution in [0, 0.1) is 0 Å². The van der Waals surface area contributed by atoms with Crippen LogP contribution in [0.4, 0.5) is 0 Å². The summed E-state index contributed by atoms with van der Waals surface area (Å²) < 4.78 is 33.1. The molecule has 0 bridgehead atoms. The predicted octanol–water partition coefficient (Wildman–Crippen LogP) is 2.76. The Morgan fingerprint density at radius 2 is 1.82 bits per heavy atom. The molecular weight excluding hydrogens is 464 g/mol. The van der Waals surface area contributed by atoms with Gasteiger partial charge in [-0.25, -0.2) is 15.0 Å². The number of hydrogen-bond donors (Lipinski definition) is 1. The molecular formula is C23H25ClN4O6. The van der Waals surface area contributed by atoms with Gasteiger partial charge in [0.05, 0.1) is 12.9 Å². The molecule has 5 heterocycles. The summed E-state index contributed by atoms with van der Waals surface area (Å²) in [5.41, 5.74) is 0.313. The van der Waals surface area contributed by atoms with Gasteiger partial charge < -0.3 is 28.8 Å². The molecule has 6 rings (SSSR count). The maximum atomic E-state index is 11.9. The fourth-order valence-corrected chi connectivity index (χ4v) is 5.22. The molecule has 3 aliphatic heterocycles. The molecule has 180 valence electrons. The summed E-state index contributed by atoms with van der Waals surface area (Å²) in [4.78, 5) is 12.7. The molecule has 11 heteroatoms. The first-order valence-corrected chi connectivity index (χ1v) is 11.5. The zero-order chi connectivity index (χ0) is 23.7. The summed E-state index contributed by atoms with van der Waals surface area (Å²) >= 11 is 6.22. The van der Waals surface area contributed by atoms with Crippen molar-refractivity contribution >= 4 is 22.8 Å². The van der Waals surface area contributed by atoms with E-state index in [0.717, 1.165) is 5.56 Å². The first-order valence-electron chi connectivity index (χ1n) is 11.1. The van der Waals surface area contributed by atoms with Crippen molar-refractivity contribution in [3.8, 4) is 0 Å². The average Bonchev–Trinajstić information content (AvgIpc) is 3.38. The standard InChI is InChI=1S/C23H25ClN4O6/c1-22(2)33-15-17(34-22)23(3,29)16-13(9-30-21(32-16)12-7-5-4-6-8-12)31-20(15)28-11-27-14-18(24)25-10-26-19(14)28/h4-8,10-11,13,15-17,20-21,29H,9H2,1-3H3/t13-,15-,16-,17+,20-,21?,23-/m1/s1. The molecule has 0 amide bonds. The molecule has 1 aromatic carbocycles. The normalized spacial score (nSPS) is 37.2. The maximum absolute atomic E-state index is 11.9. The zero-order valence-electron chi connectivity index (χ0n) is 18.9. The topological polar surface area (TPSA) is 110 Å². The van der Waals surface area contributed by atoms with E-state index in [9.17, 15) is 5.11 Å². The third-order valence-electron chi connectivity index (χ3n) is 6.56. The summed E-state index contributed by atoms with van der Waals surface area (Å²) in [6, 6.07) is 9.59. The third-order valence-corrected chi connectivity index (χ3v) is 6.83. The second-order valence-electron chi connectivity index (χ2n) is 9.43. The first kappa shape index (κ1) is 22.3. The zero-order valence-corrected chi connectivity index (χ0v) is 19.6. The highest BCUT2D eigenvalue weighted by molar-refractivity contribution is 6.33. The van der Waals surface area contributed by atoms with Gasteiger partial charge in [0, 0.05) is 5.56 Å². The van der Waals surface area contributed by atoms with Crippen LogP contribution in [0.2, 0.25) is 5.15 Å². The second kappa shape index (κ2) is 7.92. The second-order valence-corrected chi connectivity index (χ2v) is 9.79. The van der Waals surface area contributed by atoms with Gasteiger partial charge in [0.2, 0.25) is 0 Å². The van der Waals surface area contributed by atoms with Gasteiger partial charge in [-0.05, 0) is 20.8 Å². The molecule has 3 saturated heterocycles. The molecule has 3 fully saturated rings. The number of aromatic nitrogens is 4. The summed E-state index contributed by atoms with van der Waals surface area (Å²) in [6.07, 6.45) is -1.29. The third kappa shape index (κ3) is 3.53. The predicted molar refractivity (Wildman–Crippen MR) is 119 cm³/mol. The van der Waals surface area contributed by atoms with Crippen LogP contribution < -0.4 is 0 Å². The van der Waals surface area contributed by atoms with Crippen LogP contribution in [-0.2, 0) is 23.7 Å². The van der Waals surface area contributed by atoms with Gasteiger partial charge >= 0.3 is 0 Å². The average molecular weight is 489 g/mol. The van der Waals surface area contributed by atoms with Crippen LogP contribution in [-0.4, -0.2) is 67.0 Å². The van der Waals surface area contributed by atoms with Crippen LogP contribution in [0.5, 0.6) is 0 Å². The van der Waals surface area contributed by atoms with E-state index < -0.39 is 48.3 Å². The fraction of sp³-hybridized carbons (Fsp3) is 0.522. The number of hydrogen-bond acceptors (Lipinski definition) is 9. The van der Waals surface area contributed by atoms with Crippen molar-refractivity contribution in [1.29, 1.82) is 0 Å². The van der Waals surface area contributed by atoms with E-state index in [2.05, 4.69) is 15.0 Å². The van der Waals surface area contributed by atoms with E-state index in [0.29, 0.717) is 11.2 Å². The van der Waals surface area contributed by atoms with Gasteiger partial charge in [-0.2, -0.15) is 0 Å². The Morgan fingerprint density at radius 3 is 2.62 bits per heavy atom. The van der Waals surface area contributed by atoms with E-state index in [-0.39, 0.29) is 11.8 Å². The lowest BCUT2D eigenvalue weighted by molar-refractivity contribution is -0.315. The number of imidazole rings is 1. The van der Waals surface area contributed by atoms with Crippen LogP contribution >= 0.6 is 11.6 Å². The monoisotopic (exact) mass is 488 g/mol. The molecule has 1 N–H and O–H groups in total. The molecule has 3 aromatic rings. The van der Waals surface area contributed by atoms with Crippen molar-refractivity contribution in [3.63, 3.8) is 0 Å². The Kier molecular flexibility index (Phi) is 5.19. The molecule has 2 aromatic heterocycles. The van der Waals surface area contributed by atoms with Crippen molar-refractivity contribution in [2.75, 3.05) is 6.61 Å².